The summed E-state index contributed by atoms with van der Waals surface area (Å²) in [6.07, 6.45) is 5.58. The molecule has 2 aliphatic heterocycles. The lowest BCUT2D eigenvalue weighted by molar-refractivity contribution is 0.0983. The number of carbonyl (C=O) groups excluding carboxylic acids is 1. The highest BCUT2D eigenvalue weighted by atomic mass is 16.6. The van der Waals surface area contributed by atoms with Gasteiger partial charge in [-0.15, -0.1) is 5.10 Å². The van der Waals surface area contributed by atoms with Crippen molar-refractivity contribution in [2.75, 3.05) is 43.0 Å². The molecule has 2 fully saturated rings. The summed E-state index contributed by atoms with van der Waals surface area (Å²) >= 11 is 0. The van der Waals surface area contributed by atoms with E-state index in [-0.39, 0.29) is 6.09 Å². The van der Waals surface area contributed by atoms with E-state index in [4.69, 9.17) is 4.74 Å². The average molecular weight is 320 g/mol. The van der Waals surface area contributed by atoms with E-state index in [0.29, 0.717) is 31.7 Å². The third-order valence-corrected chi connectivity index (χ3v) is 4.31. The Labute approximate surface area is 136 Å². The molecule has 8 heteroatoms. The van der Waals surface area contributed by atoms with Crippen LogP contribution < -0.4 is 10.2 Å². The van der Waals surface area contributed by atoms with E-state index in [9.17, 15) is 4.79 Å². The number of nitrogens with one attached hydrogen (secondary N) is 1. The zero-order chi connectivity index (χ0) is 16.1. The Morgan fingerprint density at radius 2 is 2.04 bits per heavy atom. The Kier molecular flexibility index (Phi) is 5.09. The Hall–Kier alpha value is -2.12. The molecule has 0 aromatic carbocycles. The summed E-state index contributed by atoms with van der Waals surface area (Å²) in [4.78, 5) is 20.2. The average Bonchev–Trinajstić information content (AvgIpc) is 3.11. The van der Waals surface area contributed by atoms with Gasteiger partial charge in [0.15, 0.2) is 5.82 Å². The van der Waals surface area contributed by atoms with Gasteiger partial charge in [0.25, 0.3) is 0 Å². The van der Waals surface area contributed by atoms with Crippen molar-refractivity contribution in [3.63, 3.8) is 0 Å². The van der Waals surface area contributed by atoms with Gasteiger partial charge in [0.2, 0.25) is 5.95 Å². The number of piperidine rings is 1. The first-order valence-corrected chi connectivity index (χ1v) is 8.39. The van der Waals surface area contributed by atoms with Gasteiger partial charge >= 0.3 is 6.09 Å². The van der Waals surface area contributed by atoms with Crippen LogP contribution in [0.5, 0.6) is 0 Å². The van der Waals surface area contributed by atoms with Crippen molar-refractivity contribution >= 4 is 17.9 Å². The summed E-state index contributed by atoms with van der Waals surface area (Å²) in [5, 5.41) is 11.6. The summed E-state index contributed by atoms with van der Waals surface area (Å²) in [5.74, 6) is 1.47. The summed E-state index contributed by atoms with van der Waals surface area (Å²) in [6.45, 7) is 5.66. The van der Waals surface area contributed by atoms with Gasteiger partial charge in [-0.25, -0.2) is 4.79 Å². The number of amides is 1. The molecule has 0 bridgehead atoms. The van der Waals surface area contributed by atoms with Gasteiger partial charge in [-0.2, -0.15) is 10.1 Å². The van der Waals surface area contributed by atoms with Crippen LogP contribution >= 0.6 is 0 Å². The Morgan fingerprint density at radius 3 is 2.74 bits per heavy atom. The van der Waals surface area contributed by atoms with Crippen LogP contribution in [0.4, 0.5) is 16.6 Å². The van der Waals surface area contributed by atoms with E-state index in [1.54, 1.807) is 11.1 Å². The van der Waals surface area contributed by atoms with Crippen LogP contribution in [-0.2, 0) is 4.74 Å². The van der Waals surface area contributed by atoms with Crippen LogP contribution in [0.15, 0.2) is 6.20 Å². The molecular weight excluding hydrogens is 296 g/mol. The van der Waals surface area contributed by atoms with Gasteiger partial charge < -0.3 is 19.9 Å². The molecule has 0 radical (unpaired) electrons. The molecule has 2 aliphatic rings. The van der Waals surface area contributed by atoms with Gasteiger partial charge in [0.1, 0.15) is 0 Å². The highest BCUT2D eigenvalue weighted by molar-refractivity contribution is 5.67. The molecular formula is C15H24N6O2. The minimum atomic E-state index is -0.217. The first kappa shape index (κ1) is 15.8. The van der Waals surface area contributed by atoms with Crippen molar-refractivity contribution in [2.24, 2.45) is 0 Å². The Balaban J connectivity index is 1.52. The fraction of sp³-hybridized carbons (Fsp3) is 0.733. The van der Waals surface area contributed by atoms with Crippen molar-refractivity contribution in [2.45, 2.75) is 38.6 Å². The summed E-state index contributed by atoms with van der Waals surface area (Å²) < 4.78 is 5.04. The summed E-state index contributed by atoms with van der Waals surface area (Å²) in [7, 11) is 0. The van der Waals surface area contributed by atoms with E-state index < -0.39 is 0 Å². The molecule has 0 spiro atoms. The molecule has 126 valence electrons. The maximum atomic E-state index is 11.7. The molecule has 1 amide bonds. The fourth-order valence-electron chi connectivity index (χ4n) is 3.05. The van der Waals surface area contributed by atoms with E-state index in [0.717, 1.165) is 31.7 Å². The predicted molar refractivity (Wildman–Crippen MR) is 86.5 cm³/mol. The molecule has 1 aromatic rings. The molecule has 0 saturated carbocycles. The minimum Gasteiger partial charge on any atom is -0.450 e. The topological polar surface area (TPSA) is 83.5 Å². The first-order chi connectivity index (χ1) is 11.3. The molecule has 1 aromatic heterocycles. The molecule has 23 heavy (non-hydrogen) atoms. The standard InChI is InChI=1S/C15H24N6O2/c1-2-23-15(22)21-9-5-12(6-10-21)17-13-11-16-19-14(18-13)20-7-3-4-8-20/h11-12H,2-10H2,1H3,(H,17,18,19). The third-order valence-electron chi connectivity index (χ3n) is 4.31. The number of hydrogen-bond donors (Lipinski definition) is 1. The number of likely N-dealkylation sites (tertiary alicyclic amines) is 1. The molecule has 0 atom stereocenters. The zero-order valence-electron chi connectivity index (χ0n) is 13.6. The molecule has 2 saturated heterocycles. The first-order valence-electron chi connectivity index (χ1n) is 8.39. The quantitative estimate of drug-likeness (QED) is 0.900. The predicted octanol–water partition coefficient (Wildman–Crippen LogP) is 1.50. The molecule has 3 heterocycles. The van der Waals surface area contributed by atoms with Crippen LogP contribution in [-0.4, -0.2) is 65.0 Å². The number of carbonyl (C=O) groups is 1. The Morgan fingerprint density at radius 1 is 1.30 bits per heavy atom. The van der Waals surface area contributed by atoms with Gasteiger partial charge in [0, 0.05) is 32.2 Å². The van der Waals surface area contributed by atoms with Crippen molar-refractivity contribution in [1.82, 2.24) is 20.1 Å². The lowest BCUT2D eigenvalue weighted by Crippen LogP contribution is -2.42. The number of aromatic nitrogens is 3. The smallest absolute Gasteiger partial charge is 0.409 e. The second-order valence-corrected chi connectivity index (χ2v) is 5.94. The number of nitrogens with zero attached hydrogens (tertiary/aromatic N) is 5. The number of anilines is 2. The molecule has 1 N–H and O–H groups in total. The van der Waals surface area contributed by atoms with Crippen molar-refractivity contribution in [3.8, 4) is 0 Å². The summed E-state index contributed by atoms with van der Waals surface area (Å²) in [6, 6.07) is 0.295. The van der Waals surface area contributed by atoms with Crippen LogP contribution in [0.25, 0.3) is 0 Å². The maximum absolute atomic E-state index is 11.7. The van der Waals surface area contributed by atoms with Crippen molar-refractivity contribution in [3.05, 3.63) is 6.20 Å². The number of rotatable bonds is 4. The largest absolute Gasteiger partial charge is 0.450 e. The fourth-order valence-corrected chi connectivity index (χ4v) is 3.05. The monoisotopic (exact) mass is 320 g/mol. The molecule has 8 nitrogen and oxygen atoms in total. The van der Waals surface area contributed by atoms with E-state index in [1.807, 2.05) is 6.92 Å². The van der Waals surface area contributed by atoms with Crippen LogP contribution in [0.1, 0.15) is 32.6 Å². The van der Waals surface area contributed by atoms with Crippen molar-refractivity contribution in [1.29, 1.82) is 0 Å². The van der Waals surface area contributed by atoms with E-state index in [2.05, 4.69) is 25.4 Å². The lowest BCUT2D eigenvalue weighted by Gasteiger charge is -2.31. The van der Waals surface area contributed by atoms with Crippen LogP contribution in [0, 0.1) is 0 Å². The van der Waals surface area contributed by atoms with Crippen LogP contribution in [0.2, 0.25) is 0 Å². The SMILES string of the molecule is CCOC(=O)N1CCC(Nc2cnnc(N3CCCC3)n2)CC1. The highest BCUT2D eigenvalue weighted by Gasteiger charge is 2.24. The number of ether oxygens (including phenoxy) is 1. The van der Waals surface area contributed by atoms with Gasteiger partial charge in [-0.1, -0.05) is 0 Å². The zero-order valence-corrected chi connectivity index (χ0v) is 13.6. The van der Waals surface area contributed by atoms with E-state index >= 15 is 0 Å². The van der Waals surface area contributed by atoms with E-state index in [1.165, 1.54) is 12.8 Å². The second-order valence-electron chi connectivity index (χ2n) is 5.94. The normalized spacial score (nSPS) is 19.0. The highest BCUT2D eigenvalue weighted by Crippen LogP contribution is 2.19. The maximum Gasteiger partial charge on any atom is 0.409 e. The lowest BCUT2D eigenvalue weighted by atomic mass is 10.1. The molecule has 3 rings (SSSR count). The third kappa shape index (κ3) is 4.00. The number of hydrogen-bond acceptors (Lipinski definition) is 7. The second kappa shape index (κ2) is 7.43. The van der Waals surface area contributed by atoms with Gasteiger partial charge in [-0.05, 0) is 32.6 Å². The summed E-state index contributed by atoms with van der Waals surface area (Å²) in [5.41, 5.74) is 0. The molecule has 0 unspecified atom stereocenters. The van der Waals surface area contributed by atoms with Crippen LogP contribution in [0.3, 0.4) is 0 Å². The van der Waals surface area contributed by atoms with Crippen molar-refractivity contribution < 1.29 is 9.53 Å². The van der Waals surface area contributed by atoms with Gasteiger partial charge in [0.05, 0.1) is 12.8 Å². The molecule has 0 aliphatic carbocycles. The van der Waals surface area contributed by atoms with Gasteiger partial charge in [-0.3, -0.25) is 0 Å². The minimum absolute atomic E-state index is 0.217. The Bertz CT molecular complexity index is 526.